The Morgan fingerprint density at radius 2 is 1.58 bits per heavy atom. The number of hydrogen-bond acceptors (Lipinski definition) is 1. The number of halogens is 3. The molecule has 5 heteroatoms. The molecular weight excluding hydrogens is 497 g/mol. The Hall–Kier alpha value is 0.880. The standard InChI is InChI=1S/C7H3I3O2/c8-3-1-4(9)6(7(11)12)5(10)2-3/h1-2H,(H,11,12). The maximum Gasteiger partial charge on any atom is 0.337 e. The molecule has 0 fully saturated rings. The highest BCUT2D eigenvalue weighted by Crippen LogP contribution is 2.22. The minimum Gasteiger partial charge on any atom is -0.478 e. The summed E-state index contributed by atoms with van der Waals surface area (Å²) in [5.41, 5.74) is 0.400. The van der Waals surface area contributed by atoms with Gasteiger partial charge >= 0.3 is 5.97 Å². The van der Waals surface area contributed by atoms with Gasteiger partial charge in [0.05, 0.1) is 5.56 Å². The third kappa shape index (κ3) is 2.44. The normalized spacial score (nSPS) is 9.92. The summed E-state index contributed by atoms with van der Waals surface area (Å²) in [5, 5.41) is 8.83. The summed E-state index contributed by atoms with van der Waals surface area (Å²) in [5.74, 6) is -0.861. The first-order chi connectivity index (χ1) is 5.52. The van der Waals surface area contributed by atoms with Crippen LogP contribution in [0.15, 0.2) is 12.1 Å². The van der Waals surface area contributed by atoms with Crippen molar-refractivity contribution < 1.29 is 9.90 Å². The van der Waals surface area contributed by atoms with E-state index >= 15 is 0 Å². The average Bonchev–Trinajstić information content (AvgIpc) is 1.82. The Morgan fingerprint density at radius 3 is 1.92 bits per heavy atom. The zero-order valence-electron chi connectivity index (χ0n) is 5.64. The molecule has 0 heterocycles. The van der Waals surface area contributed by atoms with E-state index in [0.29, 0.717) is 5.56 Å². The molecule has 0 aliphatic rings. The van der Waals surface area contributed by atoms with Gasteiger partial charge in [-0.3, -0.25) is 0 Å². The van der Waals surface area contributed by atoms with Gasteiger partial charge in [-0.1, -0.05) is 0 Å². The molecule has 1 rings (SSSR count). The van der Waals surface area contributed by atoms with Crippen LogP contribution in [0.4, 0.5) is 0 Å². The molecule has 0 aromatic heterocycles. The van der Waals surface area contributed by atoms with Gasteiger partial charge in [0.25, 0.3) is 0 Å². The topological polar surface area (TPSA) is 37.3 Å². The van der Waals surface area contributed by atoms with Crippen molar-refractivity contribution in [3.8, 4) is 0 Å². The van der Waals surface area contributed by atoms with Crippen LogP contribution in [0.3, 0.4) is 0 Å². The fourth-order valence-corrected chi connectivity index (χ4v) is 4.79. The Morgan fingerprint density at radius 1 is 1.17 bits per heavy atom. The van der Waals surface area contributed by atoms with Crippen molar-refractivity contribution in [2.24, 2.45) is 0 Å². The molecule has 0 aliphatic heterocycles. The van der Waals surface area contributed by atoms with Crippen molar-refractivity contribution >= 4 is 73.7 Å². The van der Waals surface area contributed by atoms with Crippen molar-refractivity contribution in [3.63, 3.8) is 0 Å². The quantitative estimate of drug-likeness (QED) is 0.603. The number of carboxylic acid groups (broad SMARTS) is 1. The monoisotopic (exact) mass is 500 g/mol. The first-order valence-corrected chi connectivity index (χ1v) is 6.14. The van der Waals surface area contributed by atoms with E-state index in [0.717, 1.165) is 10.7 Å². The average molecular weight is 500 g/mol. The fourth-order valence-electron chi connectivity index (χ4n) is 0.747. The number of hydrogen-bond donors (Lipinski definition) is 1. The van der Waals surface area contributed by atoms with Crippen LogP contribution in [0.2, 0.25) is 0 Å². The lowest BCUT2D eigenvalue weighted by Gasteiger charge is -2.02. The van der Waals surface area contributed by atoms with Gasteiger partial charge in [0.15, 0.2) is 0 Å². The van der Waals surface area contributed by atoms with Gasteiger partial charge in [-0.25, -0.2) is 4.79 Å². The Labute approximate surface area is 111 Å². The molecular formula is C7H3I3O2. The molecule has 1 aromatic carbocycles. The Kier molecular flexibility index (Phi) is 4.02. The SMILES string of the molecule is O=C(O)c1c(I)cc(I)cc1I. The number of rotatable bonds is 1. The molecule has 0 radical (unpaired) electrons. The van der Waals surface area contributed by atoms with Crippen LogP contribution < -0.4 is 0 Å². The van der Waals surface area contributed by atoms with Gasteiger partial charge in [0.2, 0.25) is 0 Å². The van der Waals surface area contributed by atoms with Gasteiger partial charge in [-0.05, 0) is 79.9 Å². The van der Waals surface area contributed by atoms with Crippen molar-refractivity contribution in [1.29, 1.82) is 0 Å². The highest BCUT2D eigenvalue weighted by molar-refractivity contribution is 14.1. The van der Waals surface area contributed by atoms with Crippen molar-refractivity contribution in [2.75, 3.05) is 0 Å². The number of benzene rings is 1. The Bertz CT molecular complexity index is 312. The predicted octanol–water partition coefficient (Wildman–Crippen LogP) is 3.20. The summed E-state index contributed by atoms with van der Waals surface area (Å²) < 4.78 is 2.64. The summed E-state index contributed by atoms with van der Waals surface area (Å²) in [6, 6.07) is 3.71. The highest BCUT2D eigenvalue weighted by Gasteiger charge is 2.12. The highest BCUT2D eigenvalue weighted by atomic mass is 127. The second-order valence-electron chi connectivity index (χ2n) is 2.05. The molecule has 0 aliphatic carbocycles. The Balaban J connectivity index is 3.38. The molecule has 0 atom stereocenters. The molecule has 12 heavy (non-hydrogen) atoms. The molecule has 0 spiro atoms. The molecule has 1 aromatic rings. The minimum absolute atomic E-state index is 0.400. The fraction of sp³-hybridized carbons (Fsp3) is 0. The number of carboxylic acids is 1. The molecule has 64 valence electrons. The van der Waals surface area contributed by atoms with E-state index in [4.69, 9.17) is 5.11 Å². The van der Waals surface area contributed by atoms with E-state index in [1.165, 1.54) is 0 Å². The summed E-state index contributed by atoms with van der Waals surface area (Å²) in [7, 11) is 0. The number of carbonyl (C=O) groups is 1. The van der Waals surface area contributed by atoms with E-state index in [2.05, 4.69) is 22.6 Å². The van der Waals surface area contributed by atoms with Crippen LogP contribution >= 0.6 is 67.8 Å². The second-order valence-corrected chi connectivity index (χ2v) is 5.62. The summed E-state index contributed by atoms with van der Waals surface area (Å²) in [4.78, 5) is 10.7. The van der Waals surface area contributed by atoms with Gasteiger partial charge in [0.1, 0.15) is 0 Å². The van der Waals surface area contributed by atoms with Gasteiger partial charge in [0, 0.05) is 10.7 Å². The first-order valence-electron chi connectivity index (χ1n) is 2.90. The molecule has 0 unspecified atom stereocenters. The summed E-state index contributed by atoms with van der Waals surface area (Å²) in [6.45, 7) is 0. The first kappa shape index (κ1) is 11.0. The second kappa shape index (κ2) is 4.40. The lowest BCUT2D eigenvalue weighted by atomic mass is 10.2. The summed E-state index contributed by atoms with van der Waals surface area (Å²) in [6.07, 6.45) is 0. The van der Waals surface area contributed by atoms with Gasteiger partial charge < -0.3 is 5.11 Å². The van der Waals surface area contributed by atoms with Crippen LogP contribution in [0, 0.1) is 10.7 Å². The van der Waals surface area contributed by atoms with Crippen molar-refractivity contribution in [2.45, 2.75) is 0 Å². The third-order valence-corrected chi connectivity index (χ3v) is 3.55. The van der Waals surface area contributed by atoms with Crippen LogP contribution in [0.5, 0.6) is 0 Å². The smallest absolute Gasteiger partial charge is 0.337 e. The van der Waals surface area contributed by atoms with Crippen LogP contribution in [0.25, 0.3) is 0 Å². The predicted molar refractivity (Wildman–Crippen MR) is 71.6 cm³/mol. The molecule has 0 amide bonds. The largest absolute Gasteiger partial charge is 0.478 e. The minimum atomic E-state index is -0.861. The van der Waals surface area contributed by atoms with Crippen molar-refractivity contribution in [3.05, 3.63) is 28.4 Å². The van der Waals surface area contributed by atoms with Crippen LogP contribution in [0.1, 0.15) is 10.4 Å². The number of aromatic carboxylic acids is 1. The van der Waals surface area contributed by atoms with Gasteiger partial charge in [-0.2, -0.15) is 0 Å². The maximum atomic E-state index is 10.7. The van der Waals surface area contributed by atoms with Crippen LogP contribution in [-0.2, 0) is 0 Å². The van der Waals surface area contributed by atoms with Gasteiger partial charge in [-0.15, -0.1) is 0 Å². The van der Waals surface area contributed by atoms with Crippen LogP contribution in [-0.4, -0.2) is 11.1 Å². The molecule has 0 saturated heterocycles. The maximum absolute atomic E-state index is 10.7. The van der Waals surface area contributed by atoms with E-state index in [-0.39, 0.29) is 0 Å². The molecule has 2 nitrogen and oxygen atoms in total. The van der Waals surface area contributed by atoms with E-state index in [1.54, 1.807) is 0 Å². The lowest BCUT2D eigenvalue weighted by Crippen LogP contribution is -2.03. The van der Waals surface area contributed by atoms with E-state index < -0.39 is 5.97 Å². The molecule has 0 saturated carbocycles. The van der Waals surface area contributed by atoms with Crippen molar-refractivity contribution in [1.82, 2.24) is 0 Å². The third-order valence-electron chi connectivity index (χ3n) is 1.22. The molecule has 1 N–H and O–H groups in total. The van der Waals surface area contributed by atoms with E-state index in [1.807, 2.05) is 57.3 Å². The zero-order chi connectivity index (χ0) is 9.30. The zero-order valence-corrected chi connectivity index (χ0v) is 12.1. The molecule has 0 bridgehead atoms. The lowest BCUT2D eigenvalue weighted by molar-refractivity contribution is 0.0694. The summed E-state index contributed by atoms with van der Waals surface area (Å²) >= 11 is 6.24. The van der Waals surface area contributed by atoms with E-state index in [9.17, 15) is 4.79 Å².